The number of hydrogen-bond donors (Lipinski definition) is 0. The van der Waals surface area contributed by atoms with E-state index < -0.39 is 14.8 Å². The Kier molecular flexibility index (Phi) is 5.22. The summed E-state index contributed by atoms with van der Waals surface area (Å²) >= 11 is 0. The molecule has 1 aromatic heterocycles. The van der Waals surface area contributed by atoms with Crippen molar-refractivity contribution in [3.8, 4) is 22.7 Å². The third-order valence-corrected chi connectivity index (χ3v) is 6.46. The molecule has 0 unspecified atom stereocenters. The van der Waals surface area contributed by atoms with Gasteiger partial charge in [-0.15, -0.1) is 5.10 Å². The Balaban J connectivity index is 1.78. The molecule has 0 N–H and O–H groups in total. The van der Waals surface area contributed by atoms with Crippen LogP contribution >= 0.6 is 0 Å². The van der Waals surface area contributed by atoms with E-state index in [2.05, 4.69) is 10.3 Å². The summed E-state index contributed by atoms with van der Waals surface area (Å²) in [5.74, 6) is 0.589. The van der Waals surface area contributed by atoms with Crippen LogP contribution < -0.4 is 4.74 Å². The van der Waals surface area contributed by atoms with Gasteiger partial charge in [-0.2, -0.15) is 0 Å². The van der Waals surface area contributed by atoms with E-state index >= 15 is 0 Å². The summed E-state index contributed by atoms with van der Waals surface area (Å²) in [7, 11) is -2.41. The van der Waals surface area contributed by atoms with E-state index in [0.717, 1.165) is 12.1 Å². The minimum Gasteiger partial charge on any atom is -0.494 e. The van der Waals surface area contributed by atoms with Gasteiger partial charge in [0.15, 0.2) is 0 Å². The molecule has 1 heterocycles. The monoisotopic (exact) mass is 436 g/mol. The van der Waals surface area contributed by atoms with Crippen LogP contribution in [0.25, 0.3) is 16.9 Å². The lowest BCUT2D eigenvalue weighted by Gasteiger charge is -2.09. The molecular formula is C21H16N4O5S. The van der Waals surface area contributed by atoms with Gasteiger partial charge in [-0.25, -0.2) is 13.1 Å². The Morgan fingerprint density at radius 2 is 1.65 bits per heavy atom. The molecule has 3 aromatic carbocycles. The predicted molar refractivity (Wildman–Crippen MR) is 112 cm³/mol. The topological polar surface area (TPSA) is 117 Å². The molecular weight excluding hydrogens is 420 g/mol. The van der Waals surface area contributed by atoms with Crippen LogP contribution in [-0.4, -0.2) is 35.4 Å². The Morgan fingerprint density at radius 1 is 0.968 bits per heavy atom. The van der Waals surface area contributed by atoms with Gasteiger partial charge >= 0.3 is 0 Å². The first-order chi connectivity index (χ1) is 14.9. The maximum Gasteiger partial charge on any atom is 0.269 e. The van der Waals surface area contributed by atoms with Gasteiger partial charge in [0.2, 0.25) is 9.84 Å². The molecule has 0 aliphatic heterocycles. The molecule has 0 amide bonds. The van der Waals surface area contributed by atoms with Crippen LogP contribution in [-0.2, 0) is 9.84 Å². The number of para-hydroxylation sites is 2. The summed E-state index contributed by atoms with van der Waals surface area (Å²) in [6.45, 7) is 0. The van der Waals surface area contributed by atoms with E-state index in [1.54, 1.807) is 43.6 Å². The van der Waals surface area contributed by atoms with Crippen LogP contribution in [0.15, 0.2) is 88.8 Å². The summed E-state index contributed by atoms with van der Waals surface area (Å²) < 4.78 is 33.3. The van der Waals surface area contributed by atoms with Gasteiger partial charge in [0.05, 0.1) is 28.0 Å². The van der Waals surface area contributed by atoms with E-state index in [1.165, 1.54) is 22.9 Å². The summed E-state index contributed by atoms with van der Waals surface area (Å²) in [5, 5.41) is 19.1. The highest BCUT2D eigenvalue weighted by molar-refractivity contribution is 7.91. The molecule has 0 radical (unpaired) electrons. The van der Waals surface area contributed by atoms with Gasteiger partial charge in [-0.1, -0.05) is 35.5 Å². The zero-order valence-electron chi connectivity index (χ0n) is 16.2. The first-order valence-corrected chi connectivity index (χ1v) is 10.5. The van der Waals surface area contributed by atoms with Crippen molar-refractivity contribution in [1.29, 1.82) is 0 Å². The fourth-order valence-electron chi connectivity index (χ4n) is 3.11. The summed E-state index contributed by atoms with van der Waals surface area (Å²) in [4.78, 5) is 10.3. The molecule has 4 rings (SSSR count). The Labute approximate surface area is 177 Å². The number of sulfone groups is 1. The number of nitrogens with zero attached hydrogens (tertiary/aromatic N) is 4. The fraction of sp³-hybridized carbons (Fsp3) is 0.0476. The van der Waals surface area contributed by atoms with Crippen molar-refractivity contribution in [1.82, 2.24) is 15.0 Å². The van der Waals surface area contributed by atoms with Crippen molar-refractivity contribution in [3.63, 3.8) is 0 Å². The van der Waals surface area contributed by atoms with Crippen molar-refractivity contribution in [2.45, 2.75) is 9.79 Å². The molecule has 0 aliphatic carbocycles. The molecule has 0 saturated carbocycles. The van der Waals surface area contributed by atoms with Gasteiger partial charge in [0.1, 0.15) is 17.1 Å². The third kappa shape index (κ3) is 3.76. The second-order valence-corrected chi connectivity index (χ2v) is 8.39. The second kappa shape index (κ2) is 8.00. The van der Waals surface area contributed by atoms with E-state index in [1.807, 2.05) is 12.1 Å². The maximum atomic E-state index is 13.2. The summed E-state index contributed by atoms with van der Waals surface area (Å²) in [5.41, 5.74) is 1.18. The quantitative estimate of drug-likeness (QED) is 0.334. The Bertz CT molecular complexity index is 1360. The van der Waals surface area contributed by atoms with E-state index in [-0.39, 0.29) is 15.5 Å². The van der Waals surface area contributed by atoms with Crippen molar-refractivity contribution in [2.75, 3.05) is 7.11 Å². The molecule has 0 aliphatic rings. The van der Waals surface area contributed by atoms with E-state index in [4.69, 9.17) is 4.74 Å². The zero-order valence-corrected chi connectivity index (χ0v) is 17.1. The SMILES string of the molecule is COc1ccccc1-n1cc(-c2ccccc2S(=O)(=O)c2ccc([N+](=O)[O-])cc2)nn1. The van der Waals surface area contributed by atoms with Crippen LogP contribution in [0, 0.1) is 10.1 Å². The molecule has 31 heavy (non-hydrogen) atoms. The van der Waals surface area contributed by atoms with Crippen LogP contribution in [0.1, 0.15) is 0 Å². The Morgan fingerprint density at radius 3 is 2.35 bits per heavy atom. The average Bonchev–Trinajstić information content (AvgIpc) is 3.29. The molecule has 0 spiro atoms. The number of methoxy groups -OCH3 is 1. The minimum absolute atomic E-state index is 0.0240. The standard InChI is InChI=1S/C21H16N4O5S/c1-30-20-8-4-3-7-19(20)24-14-18(22-23-24)17-6-2-5-9-21(17)31(28,29)16-12-10-15(11-13-16)25(26)27/h2-14H,1H3. The second-order valence-electron chi connectivity index (χ2n) is 6.47. The van der Waals surface area contributed by atoms with Crippen LogP contribution in [0.5, 0.6) is 5.75 Å². The molecule has 0 atom stereocenters. The highest BCUT2D eigenvalue weighted by atomic mass is 32.2. The van der Waals surface area contributed by atoms with Crippen LogP contribution in [0.2, 0.25) is 0 Å². The first-order valence-electron chi connectivity index (χ1n) is 9.06. The largest absolute Gasteiger partial charge is 0.494 e. The molecule has 0 bridgehead atoms. The van der Waals surface area contributed by atoms with Gasteiger partial charge in [0, 0.05) is 17.7 Å². The van der Waals surface area contributed by atoms with Crippen molar-refractivity contribution in [2.24, 2.45) is 0 Å². The predicted octanol–water partition coefficient (Wildman–Crippen LogP) is 3.68. The van der Waals surface area contributed by atoms with Gasteiger partial charge < -0.3 is 4.74 Å². The highest BCUT2D eigenvalue weighted by Gasteiger charge is 2.24. The number of nitro groups is 1. The molecule has 10 heteroatoms. The maximum absolute atomic E-state index is 13.2. The third-order valence-electron chi connectivity index (χ3n) is 4.64. The lowest BCUT2D eigenvalue weighted by atomic mass is 10.2. The number of benzene rings is 3. The number of rotatable bonds is 6. The fourth-order valence-corrected chi connectivity index (χ4v) is 4.58. The van der Waals surface area contributed by atoms with Crippen molar-refractivity contribution < 1.29 is 18.1 Å². The first kappa shape index (κ1) is 20.2. The minimum atomic E-state index is -3.95. The summed E-state index contributed by atoms with van der Waals surface area (Å²) in [6, 6.07) is 18.4. The summed E-state index contributed by atoms with van der Waals surface area (Å²) in [6.07, 6.45) is 1.61. The molecule has 0 fully saturated rings. The van der Waals surface area contributed by atoms with Gasteiger partial charge in [-0.05, 0) is 30.3 Å². The average molecular weight is 436 g/mol. The number of ether oxygens (including phenoxy) is 1. The number of aromatic nitrogens is 3. The number of nitro benzene ring substituents is 1. The smallest absolute Gasteiger partial charge is 0.269 e. The normalized spacial score (nSPS) is 11.3. The number of hydrogen-bond acceptors (Lipinski definition) is 7. The van der Waals surface area contributed by atoms with Crippen molar-refractivity contribution >= 4 is 15.5 Å². The van der Waals surface area contributed by atoms with Crippen LogP contribution in [0.4, 0.5) is 5.69 Å². The lowest BCUT2D eigenvalue weighted by Crippen LogP contribution is -2.04. The van der Waals surface area contributed by atoms with Crippen LogP contribution in [0.3, 0.4) is 0 Å². The Hall–Kier alpha value is -4.05. The van der Waals surface area contributed by atoms with Crippen molar-refractivity contribution in [3.05, 3.63) is 89.1 Å². The molecule has 0 saturated heterocycles. The van der Waals surface area contributed by atoms with E-state index in [9.17, 15) is 18.5 Å². The molecule has 4 aromatic rings. The van der Waals surface area contributed by atoms with Gasteiger partial charge in [-0.3, -0.25) is 10.1 Å². The molecule has 156 valence electrons. The molecule has 9 nitrogen and oxygen atoms in total. The van der Waals surface area contributed by atoms with E-state index in [0.29, 0.717) is 22.7 Å². The highest BCUT2D eigenvalue weighted by Crippen LogP contribution is 2.32. The zero-order chi connectivity index (χ0) is 22.0. The number of non-ortho nitro benzene ring substituents is 1. The van der Waals surface area contributed by atoms with Gasteiger partial charge in [0.25, 0.3) is 5.69 Å². The lowest BCUT2D eigenvalue weighted by molar-refractivity contribution is -0.384.